The molecule has 0 fully saturated rings. The van der Waals surface area contributed by atoms with Gasteiger partial charge in [-0.1, -0.05) is 13.3 Å². The standard InChI is InChI=1S/C13H13F3O2/c1-2-3-4-11-10-7-8(13(14,15)16)5-6-9(10)12(17)18-11/h5-7,11H,2-4H2,1H3. The van der Waals surface area contributed by atoms with Crippen LogP contribution in [0.4, 0.5) is 13.2 Å². The number of rotatable bonds is 3. The van der Waals surface area contributed by atoms with Gasteiger partial charge in [0.2, 0.25) is 0 Å². The molecule has 0 N–H and O–H groups in total. The number of halogens is 3. The van der Waals surface area contributed by atoms with Crippen molar-refractivity contribution in [3.63, 3.8) is 0 Å². The molecule has 1 aliphatic rings. The zero-order valence-corrected chi connectivity index (χ0v) is 9.88. The van der Waals surface area contributed by atoms with Gasteiger partial charge >= 0.3 is 12.1 Å². The highest BCUT2D eigenvalue weighted by atomic mass is 19.4. The molecule has 0 aromatic heterocycles. The summed E-state index contributed by atoms with van der Waals surface area (Å²) < 4.78 is 42.9. The molecule has 0 aliphatic carbocycles. The monoisotopic (exact) mass is 258 g/mol. The maximum Gasteiger partial charge on any atom is 0.416 e. The van der Waals surface area contributed by atoms with Crippen LogP contribution in [0.5, 0.6) is 0 Å². The highest BCUT2D eigenvalue weighted by molar-refractivity contribution is 5.94. The van der Waals surface area contributed by atoms with Crippen molar-refractivity contribution in [1.82, 2.24) is 0 Å². The number of carbonyl (C=O) groups excluding carboxylic acids is 1. The van der Waals surface area contributed by atoms with E-state index in [0.29, 0.717) is 12.0 Å². The number of benzene rings is 1. The van der Waals surface area contributed by atoms with Crippen molar-refractivity contribution in [2.45, 2.75) is 38.5 Å². The topological polar surface area (TPSA) is 26.3 Å². The van der Waals surface area contributed by atoms with Gasteiger partial charge in [0, 0.05) is 5.56 Å². The summed E-state index contributed by atoms with van der Waals surface area (Å²) in [5.74, 6) is -0.528. The third kappa shape index (κ3) is 2.35. The van der Waals surface area contributed by atoms with E-state index in [4.69, 9.17) is 4.74 Å². The lowest BCUT2D eigenvalue weighted by molar-refractivity contribution is -0.137. The fourth-order valence-corrected chi connectivity index (χ4v) is 2.05. The number of fused-ring (bicyclic) bond motifs is 1. The summed E-state index contributed by atoms with van der Waals surface area (Å²) in [6, 6.07) is 3.15. The number of ether oxygens (including phenoxy) is 1. The third-order valence-corrected chi connectivity index (χ3v) is 3.01. The van der Waals surface area contributed by atoms with Gasteiger partial charge < -0.3 is 4.74 Å². The van der Waals surface area contributed by atoms with Crippen LogP contribution in [-0.4, -0.2) is 5.97 Å². The minimum atomic E-state index is -4.39. The minimum Gasteiger partial charge on any atom is -0.454 e. The average Bonchev–Trinajstić information content (AvgIpc) is 2.62. The lowest BCUT2D eigenvalue weighted by atomic mass is 9.98. The van der Waals surface area contributed by atoms with Crippen molar-refractivity contribution in [3.05, 3.63) is 34.9 Å². The van der Waals surface area contributed by atoms with E-state index in [-0.39, 0.29) is 5.56 Å². The second-order valence-electron chi connectivity index (χ2n) is 4.34. The molecule has 1 aromatic rings. The third-order valence-electron chi connectivity index (χ3n) is 3.01. The first-order valence-corrected chi connectivity index (χ1v) is 5.85. The lowest BCUT2D eigenvalue weighted by Gasteiger charge is -2.12. The number of unbranched alkanes of at least 4 members (excludes halogenated alkanes) is 1. The van der Waals surface area contributed by atoms with Crippen LogP contribution < -0.4 is 0 Å². The predicted octanol–water partition coefficient (Wildman–Crippen LogP) is 4.11. The van der Waals surface area contributed by atoms with Gasteiger partial charge in [-0.25, -0.2) is 4.79 Å². The van der Waals surface area contributed by atoms with Crippen molar-refractivity contribution in [2.24, 2.45) is 0 Å². The van der Waals surface area contributed by atoms with Crippen molar-refractivity contribution in [1.29, 1.82) is 0 Å². The molecule has 1 unspecified atom stereocenters. The second kappa shape index (κ2) is 4.63. The molecule has 98 valence electrons. The highest BCUT2D eigenvalue weighted by Gasteiger charge is 2.36. The lowest BCUT2D eigenvalue weighted by Crippen LogP contribution is -2.06. The smallest absolute Gasteiger partial charge is 0.416 e. The fraction of sp³-hybridized carbons (Fsp3) is 0.462. The molecule has 0 radical (unpaired) electrons. The van der Waals surface area contributed by atoms with Crippen molar-refractivity contribution < 1.29 is 22.7 Å². The Bertz CT molecular complexity index is 466. The molecule has 0 saturated heterocycles. The molecule has 0 bridgehead atoms. The van der Waals surface area contributed by atoms with Crippen molar-refractivity contribution in [3.8, 4) is 0 Å². The van der Waals surface area contributed by atoms with Crippen LogP contribution in [-0.2, 0) is 10.9 Å². The first kappa shape index (κ1) is 12.9. The van der Waals surface area contributed by atoms with Gasteiger partial charge in [0.1, 0.15) is 6.10 Å². The summed E-state index contributed by atoms with van der Waals surface area (Å²) in [4.78, 5) is 11.5. The molecular formula is C13H13F3O2. The molecule has 1 heterocycles. The van der Waals surface area contributed by atoms with Gasteiger partial charge in [0.05, 0.1) is 11.1 Å². The number of hydrogen-bond acceptors (Lipinski definition) is 2. The van der Waals surface area contributed by atoms with E-state index in [1.807, 2.05) is 6.92 Å². The van der Waals surface area contributed by atoms with Crippen LogP contribution >= 0.6 is 0 Å². The Hall–Kier alpha value is -1.52. The first-order chi connectivity index (χ1) is 8.43. The molecule has 2 rings (SSSR count). The normalized spacial score (nSPS) is 18.7. The van der Waals surface area contributed by atoms with Crippen LogP contribution in [0.1, 0.15) is 53.8 Å². The maximum absolute atomic E-state index is 12.6. The van der Waals surface area contributed by atoms with Gasteiger partial charge in [-0.2, -0.15) is 13.2 Å². The molecule has 0 amide bonds. The number of cyclic esters (lactones) is 1. The minimum absolute atomic E-state index is 0.254. The van der Waals surface area contributed by atoms with Crippen LogP contribution in [0.25, 0.3) is 0 Å². The summed E-state index contributed by atoms with van der Waals surface area (Å²) in [6.07, 6.45) is -2.64. The van der Waals surface area contributed by atoms with Crippen LogP contribution in [0.15, 0.2) is 18.2 Å². The Balaban J connectivity index is 2.34. The van der Waals surface area contributed by atoms with Crippen LogP contribution in [0.2, 0.25) is 0 Å². The van der Waals surface area contributed by atoms with Crippen molar-refractivity contribution >= 4 is 5.97 Å². The number of alkyl halides is 3. The van der Waals surface area contributed by atoms with E-state index in [2.05, 4.69) is 0 Å². The van der Waals surface area contributed by atoms with Crippen molar-refractivity contribution in [2.75, 3.05) is 0 Å². The molecule has 0 saturated carbocycles. The van der Waals surface area contributed by atoms with E-state index < -0.39 is 23.8 Å². The molecule has 1 aliphatic heterocycles. The van der Waals surface area contributed by atoms with Gasteiger partial charge in [0.25, 0.3) is 0 Å². The van der Waals surface area contributed by atoms with E-state index >= 15 is 0 Å². The highest BCUT2D eigenvalue weighted by Crippen LogP contribution is 2.38. The number of esters is 1. The Kier molecular flexibility index (Phi) is 3.32. The van der Waals surface area contributed by atoms with E-state index in [1.165, 1.54) is 6.07 Å². The van der Waals surface area contributed by atoms with Gasteiger partial charge in [-0.15, -0.1) is 0 Å². The van der Waals surface area contributed by atoms with E-state index in [0.717, 1.165) is 25.0 Å². The zero-order chi connectivity index (χ0) is 13.3. The Morgan fingerprint density at radius 1 is 1.33 bits per heavy atom. The molecule has 5 heteroatoms. The van der Waals surface area contributed by atoms with E-state index in [1.54, 1.807) is 0 Å². The summed E-state index contributed by atoms with van der Waals surface area (Å²) >= 11 is 0. The summed E-state index contributed by atoms with van der Waals surface area (Å²) in [7, 11) is 0. The first-order valence-electron chi connectivity index (χ1n) is 5.85. The average molecular weight is 258 g/mol. The maximum atomic E-state index is 12.6. The summed E-state index contributed by atoms with van der Waals surface area (Å²) in [5, 5.41) is 0. The Morgan fingerprint density at radius 3 is 2.67 bits per heavy atom. The largest absolute Gasteiger partial charge is 0.454 e. The molecule has 2 nitrogen and oxygen atoms in total. The number of carbonyl (C=O) groups is 1. The quantitative estimate of drug-likeness (QED) is 0.763. The van der Waals surface area contributed by atoms with Crippen LogP contribution in [0.3, 0.4) is 0 Å². The molecule has 0 spiro atoms. The van der Waals surface area contributed by atoms with Crippen LogP contribution in [0, 0.1) is 0 Å². The fourth-order valence-electron chi connectivity index (χ4n) is 2.05. The molecule has 1 atom stereocenters. The molecular weight excluding hydrogens is 245 g/mol. The van der Waals surface area contributed by atoms with E-state index in [9.17, 15) is 18.0 Å². The number of hydrogen-bond donors (Lipinski definition) is 0. The van der Waals surface area contributed by atoms with Gasteiger partial charge in [0.15, 0.2) is 0 Å². The second-order valence-corrected chi connectivity index (χ2v) is 4.34. The molecule has 18 heavy (non-hydrogen) atoms. The van der Waals surface area contributed by atoms with Gasteiger partial charge in [-0.05, 0) is 31.0 Å². The summed E-state index contributed by atoms with van der Waals surface area (Å²) in [5.41, 5.74) is -0.117. The predicted molar refractivity (Wildman–Crippen MR) is 59.1 cm³/mol. The SMILES string of the molecule is CCCCC1OC(=O)c2ccc(C(F)(F)F)cc21. The Morgan fingerprint density at radius 2 is 2.06 bits per heavy atom. The zero-order valence-electron chi connectivity index (χ0n) is 9.88. The molecule has 1 aromatic carbocycles. The summed E-state index contributed by atoms with van der Waals surface area (Å²) in [6.45, 7) is 1.98. The Labute approximate surface area is 103 Å². The van der Waals surface area contributed by atoms with Gasteiger partial charge in [-0.3, -0.25) is 0 Å².